The summed E-state index contributed by atoms with van der Waals surface area (Å²) in [5.74, 6) is -1.01. The van der Waals surface area contributed by atoms with Gasteiger partial charge in [0.05, 0.1) is 33.9 Å². The van der Waals surface area contributed by atoms with Crippen molar-refractivity contribution in [3.8, 4) is 11.4 Å². The molecule has 1 aliphatic rings. The van der Waals surface area contributed by atoms with Gasteiger partial charge in [-0.15, -0.1) is 0 Å². The number of pyridine rings is 1. The van der Waals surface area contributed by atoms with Crippen molar-refractivity contribution in [1.82, 2.24) is 30.0 Å². The van der Waals surface area contributed by atoms with Gasteiger partial charge in [0, 0.05) is 48.7 Å². The molecule has 3 aromatic heterocycles. The molecule has 0 bridgehead atoms. The lowest BCUT2D eigenvalue weighted by atomic mass is 10.0. The summed E-state index contributed by atoms with van der Waals surface area (Å²) in [5, 5.41) is 8.65. The molecule has 15 heteroatoms. The van der Waals surface area contributed by atoms with Crippen LogP contribution in [0.3, 0.4) is 0 Å². The zero-order valence-electron chi connectivity index (χ0n) is 21.4. The van der Waals surface area contributed by atoms with Gasteiger partial charge in [0.25, 0.3) is 11.8 Å². The summed E-state index contributed by atoms with van der Waals surface area (Å²) in [6.07, 6.45) is -0.991. The number of nitrogens with one attached hydrogen (secondary N) is 3. The van der Waals surface area contributed by atoms with E-state index in [4.69, 9.17) is 23.1 Å². The van der Waals surface area contributed by atoms with E-state index < -0.39 is 17.8 Å². The van der Waals surface area contributed by atoms with Crippen molar-refractivity contribution in [3.05, 3.63) is 76.1 Å². The Kier molecular flexibility index (Phi) is 7.69. The van der Waals surface area contributed by atoms with Gasteiger partial charge in [-0.3, -0.25) is 19.7 Å². The standard InChI is InChI=1S/C26H25ClF3N9O2/c27-19-10-15(2-3-17(19)25(41)39-7-5-13(31)6-8-39)36-24(40)23-34-12-16(35-23)9-18-21(20-4-1-14(32)11-33-20)37-38-22(18)26(28,29)30/h1-4,10-13H,5-9,31-32H2,(H,34,35)(H,36,40)(H,37,38). The Bertz CT molecular complexity index is 1580. The molecule has 1 aliphatic heterocycles. The molecule has 0 spiro atoms. The smallest absolute Gasteiger partial charge is 0.397 e. The highest BCUT2D eigenvalue weighted by Crippen LogP contribution is 2.35. The number of likely N-dealkylation sites (tertiary alicyclic amines) is 1. The van der Waals surface area contributed by atoms with Gasteiger partial charge in [0.1, 0.15) is 0 Å². The van der Waals surface area contributed by atoms with Gasteiger partial charge in [0.2, 0.25) is 0 Å². The third kappa shape index (κ3) is 6.18. The third-order valence-electron chi connectivity index (χ3n) is 6.67. The lowest BCUT2D eigenvalue weighted by Crippen LogP contribution is -2.42. The molecule has 0 aliphatic carbocycles. The maximum atomic E-state index is 13.7. The van der Waals surface area contributed by atoms with E-state index in [-0.39, 0.29) is 51.9 Å². The summed E-state index contributed by atoms with van der Waals surface area (Å²) >= 11 is 6.35. The average molecular weight is 588 g/mol. The van der Waals surface area contributed by atoms with E-state index in [2.05, 4.69) is 30.5 Å². The predicted molar refractivity (Wildman–Crippen MR) is 145 cm³/mol. The lowest BCUT2D eigenvalue weighted by molar-refractivity contribution is -0.141. The van der Waals surface area contributed by atoms with E-state index in [0.29, 0.717) is 42.9 Å². The summed E-state index contributed by atoms with van der Waals surface area (Å²) in [5.41, 5.74) is 11.7. The number of nitrogens with zero attached hydrogens (tertiary/aromatic N) is 4. The van der Waals surface area contributed by atoms with Crippen molar-refractivity contribution in [1.29, 1.82) is 0 Å². The van der Waals surface area contributed by atoms with Crippen molar-refractivity contribution in [2.24, 2.45) is 5.73 Å². The monoisotopic (exact) mass is 587 g/mol. The molecule has 4 aromatic rings. The highest BCUT2D eigenvalue weighted by atomic mass is 35.5. The third-order valence-corrected chi connectivity index (χ3v) is 6.99. The molecule has 0 unspecified atom stereocenters. The molecular formula is C26H25ClF3N9O2. The highest BCUT2D eigenvalue weighted by molar-refractivity contribution is 6.34. The molecule has 1 saturated heterocycles. The number of nitrogen functional groups attached to an aromatic ring is 1. The molecule has 41 heavy (non-hydrogen) atoms. The molecule has 0 atom stereocenters. The number of imidazole rings is 1. The molecular weight excluding hydrogens is 563 g/mol. The number of aromatic amines is 2. The Labute approximate surface area is 236 Å². The number of halogens is 4. The number of hydrogen-bond acceptors (Lipinski definition) is 7. The number of carbonyl (C=O) groups excluding carboxylic acids is 2. The molecule has 5 rings (SSSR count). The van der Waals surface area contributed by atoms with E-state index in [9.17, 15) is 22.8 Å². The zero-order valence-corrected chi connectivity index (χ0v) is 22.2. The zero-order chi connectivity index (χ0) is 29.3. The van der Waals surface area contributed by atoms with Gasteiger partial charge in [-0.1, -0.05) is 11.6 Å². The fraction of sp³-hybridized carbons (Fsp3) is 0.269. The Morgan fingerprint density at radius 2 is 1.88 bits per heavy atom. The number of carbonyl (C=O) groups is 2. The second-order valence-corrected chi connectivity index (χ2v) is 10.0. The fourth-order valence-electron chi connectivity index (χ4n) is 4.52. The van der Waals surface area contributed by atoms with Crippen molar-refractivity contribution < 1.29 is 22.8 Å². The minimum absolute atomic E-state index is 0.0644. The van der Waals surface area contributed by atoms with Crippen LogP contribution in [-0.4, -0.2) is 61.0 Å². The van der Waals surface area contributed by atoms with Crippen LogP contribution in [0, 0.1) is 0 Å². The number of anilines is 2. The van der Waals surface area contributed by atoms with Gasteiger partial charge in [-0.25, -0.2) is 4.98 Å². The first-order valence-corrected chi connectivity index (χ1v) is 12.9. The van der Waals surface area contributed by atoms with Gasteiger partial charge in [0.15, 0.2) is 11.5 Å². The van der Waals surface area contributed by atoms with Crippen molar-refractivity contribution >= 4 is 34.8 Å². The Balaban J connectivity index is 1.31. The number of aromatic nitrogens is 5. The van der Waals surface area contributed by atoms with Crippen LogP contribution >= 0.6 is 11.6 Å². The average Bonchev–Trinajstić information content (AvgIpc) is 3.57. The van der Waals surface area contributed by atoms with E-state index in [1.54, 1.807) is 4.90 Å². The number of amides is 2. The number of rotatable bonds is 6. The summed E-state index contributed by atoms with van der Waals surface area (Å²) < 4.78 is 41.1. The first kappa shape index (κ1) is 28.1. The normalized spacial score (nSPS) is 14.3. The number of benzene rings is 1. The van der Waals surface area contributed by atoms with Crippen molar-refractivity contribution in [2.75, 3.05) is 24.1 Å². The SMILES string of the molecule is Nc1ccc(-c2[nH]nc(C(F)(F)F)c2Cc2cnc(C(=O)Nc3ccc(C(=O)N4CCC(N)CC4)c(Cl)c3)[nH]2)nc1. The Hall–Kier alpha value is -4.43. The first-order chi connectivity index (χ1) is 19.5. The largest absolute Gasteiger partial charge is 0.435 e. The van der Waals surface area contributed by atoms with Crippen LogP contribution in [0.25, 0.3) is 11.4 Å². The molecule has 0 radical (unpaired) electrons. The van der Waals surface area contributed by atoms with Crippen molar-refractivity contribution in [2.45, 2.75) is 31.5 Å². The molecule has 214 valence electrons. The van der Waals surface area contributed by atoms with Crippen LogP contribution < -0.4 is 16.8 Å². The van der Waals surface area contributed by atoms with E-state index in [1.165, 1.54) is 42.7 Å². The van der Waals surface area contributed by atoms with E-state index in [1.807, 2.05) is 0 Å². The minimum Gasteiger partial charge on any atom is -0.397 e. The van der Waals surface area contributed by atoms with Crippen LogP contribution in [0.4, 0.5) is 24.5 Å². The number of piperidine rings is 1. The van der Waals surface area contributed by atoms with Gasteiger partial charge in [-0.05, 0) is 43.2 Å². The summed E-state index contributed by atoms with van der Waals surface area (Å²) in [4.78, 5) is 38.2. The Morgan fingerprint density at radius 3 is 2.54 bits per heavy atom. The summed E-state index contributed by atoms with van der Waals surface area (Å²) in [6.45, 7) is 1.08. The minimum atomic E-state index is -4.73. The van der Waals surface area contributed by atoms with Gasteiger partial charge >= 0.3 is 6.18 Å². The number of nitrogens with two attached hydrogens (primary N) is 2. The number of H-pyrrole nitrogens is 2. The summed E-state index contributed by atoms with van der Waals surface area (Å²) in [6, 6.07) is 7.56. The van der Waals surface area contributed by atoms with Crippen LogP contribution in [0.5, 0.6) is 0 Å². The maximum Gasteiger partial charge on any atom is 0.435 e. The van der Waals surface area contributed by atoms with E-state index in [0.717, 1.165) is 0 Å². The van der Waals surface area contributed by atoms with Gasteiger partial charge < -0.3 is 26.7 Å². The molecule has 0 saturated carbocycles. The lowest BCUT2D eigenvalue weighted by Gasteiger charge is -2.30. The van der Waals surface area contributed by atoms with Crippen LogP contribution in [0.1, 0.15) is 50.8 Å². The fourth-order valence-corrected chi connectivity index (χ4v) is 4.78. The van der Waals surface area contributed by atoms with Crippen LogP contribution in [0.15, 0.2) is 42.7 Å². The molecule has 1 aromatic carbocycles. The molecule has 4 heterocycles. The topological polar surface area (TPSA) is 172 Å². The quantitative estimate of drug-likeness (QED) is 0.228. The number of hydrogen-bond donors (Lipinski definition) is 5. The van der Waals surface area contributed by atoms with Crippen LogP contribution in [-0.2, 0) is 12.6 Å². The molecule has 1 fully saturated rings. The summed E-state index contributed by atoms with van der Waals surface area (Å²) in [7, 11) is 0. The molecule has 7 N–H and O–H groups in total. The highest BCUT2D eigenvalue weighted by Gasteiger charge is 2.38. The number of alkyl halides is 3. The second-order valence-electron chi connectivity index (χ2n) is 9.61. The van der Waals surface area contributed by atoms with Gasteiger partial charge in [-0.2, -0.15) is 18.3 Å². The maximum absolute atomic E-state index is 13.7. The molecule has 11 nitrogen and oxygen atoms in total. The predicted octanol–water partition coefficient (Wildman–Crippen LogP) is 3.86. The van der Waals surface area contributed by atoms with Crippen LogP contribution in [0.2, 0.25) is 5.02 Å². The van der Waals surface area contributed by atoms with E-state index >= 15 is 0 Å². The van der Waals surface area contributed by atoms with Crippen molar-refractivity contribution in [3.63, 3.8) is 0 Å². The second kappa shape index (κ2) is 11.2. The Morgan fingerprint density at radius 1 is 1.12 bits per heavy atom. The first-order valence-electron chi connectivity index (χ1n) is 12.6. The molecule has 2 amide bonds.